The van der Waals surface area contributed by atoms with Gasteiger partial charge in [-0.3, -0.25) is 4.84 Å². The number of aromatic amines is 1. The van der Waals surface area contributed by atoms with Gasteiger partial charge in [0.2, 0.25) is 0 Å². The molecule has 0 radical (unpaired) electrons. The number of hydrogen-bond donors (Lipinski definition) is 1. The molecule has 7 nitrogen and oxygen atoms in total. The highest BCUT2D eigenvalue weighted by atomic mass is 32.2. The van der Waals surface area contributed by atoms with Crippen molar-refractivity contribution in [1.29, 1.82) is 0 Å². The molecule has 2 atom stereocenters. The molecule has 0 saturated carbocycles. The molecule has 3 heterocycles. The van der Waals surface area contributed by atoms with Crippen LogP contribution in [0.15, 0.2) is 65.7 Å². The largest absolute Gasteiger partial charge is 0.463 e. The quantitative estimate of drug-likeness (QED) is 0.647. The van der Waals surface area contributed by atoms with E-state index >= 15 is 0 Å². The van der Waals surface area contributed by atoms with Gasteiger partial charge in [-0.25, -0.2) is 13.2 Å². The molecule has 1 N–H and O–H groups in total. The van der Waals surface area contributed by atoms with Gasteiger partial charge in [0.05, 0.1) is 29.8 Å². The molecule has 150 valence electrons. The van der Waals surface area contributed by atoms with Crippen LogP contribution in [0.4, 0.5) is 0 Å². The normalized spacial score (nSPS) is 24.7. The van der Waals surface area contributed by atoms with Crippen LogP contribution in [-0.4, -0.2) is 49.9 Å². The predicted molar refractivity (Wildman–Crippen MR) is 106 cm³/mol. The first-order valence-corrected chi connectivity index (χ1v) is 11.1. The Morgan fingerprint density at radius 3 is 2.66 bits per heavy atom. The summed E-state index contributed by atoms with van der Waals surface area (Å²) in [4.78, 5) is 22.3. The van der Waals surface area contributed by atoms with Crippen LogP contribution in [0, 0.1) is 5.92 Å². The van der Waals surface area contributed by atoms with Crippen LogP contribution in [0.1, 0.15) is 5.56 Å². The third-order valence-electron chi connectivity index (χ3n) is 5.81. The van der Waals surface area contributed by atoms with Crippen molar-refractivity contribution in [3.63, 3.8) is 0 Å². The van der Waals surface area contributed by atoms with Crippen LogP contribution < -0.4 is 0 Å². The second-order valence-electron chi connectivity index (χ2n) is 7.34. The van der Waals surface area contributed by atoms with Crippen molar-refractivity contribution in [2.24, 2.45) is 5.92 Å². The van der Waals surface area contributed by atoms with E-state index in [9.17, 15) is 13.2 Å². The van der Waals surface area contributed by atoms with Crippen molar-refractivity contribution in [2.75, 3.05) is 25.5 Å². The number of hydrogen-bond acceptors (Lipinski definition) is 6. The van der Waals surface area contributed by atoms with Gasteiger partial charge < -0.3 is 9.72 Å². The molecule has 0 bridgehead atoms. The second-order valence-corrected chi connectivity index (χ2v) is 9.45. The Labute approximate surface area is 168 Å². The smallest absolute Gasteiger partial charge is 0.334 e. The number of cyclic esters (lactones) is 1. The zero-order valence-electron chi connectivity index (χ0n) is 15.6. The Morgan fingerprint density at radius 2 is 1.83 bits per heavy atom. The molecule has 2 aliphatic heterocycles. The highest BCUT2D eigenvalue weighted by molar-refractivity contribution is 7.91. The van der Waals surface area contributed by atoms with Gasteiger partial charge in [-0.1, -0.05) is 36.4 Å². The number of benzene rings is 2. The van der Waals surface area contributed by atoms with Gasteiger partial charge >= 0.3 is 5.97 Å². The van der Waals surface area contributed by atoms with E-state index in [4.69, 9.17) is 9.57 Å². The third kappa shape index (κ3) is 2.71. The topological polar surface area (TPSA) is 88.7 Å². The fraction of sp³-hybridized carbons (Fsp3) is 0.286. The van der Waals surface area contributed by atoms with Crippen molar-refractivity contribution in [2.45, 2.75) is 10.4 Å². The summed E-state index contributed by atoms with van der Waals surface area (Å²) < 4.78 is 30.9. The predicted octanol–water partition coefficient (Wildman–Crippen LogP) is 2.26. The lowest BCUT2D eigenvalue weighted by atomic mass is 9.80. The van der Waals surface area contributed by atoms with Crippen LogP contribution in [-0.2, 0) is 29.7 Å². The number of hydroxylamine groups is 2. The summed E-state index contributed by atoms with van der Waals surface area (Å²) in [5, 5.41) is 2.42. The maximum atomic E-state index is 13.0. The molecule has 2 aromatic carbocycles. The fourth-order valence-electron chi connectivity index (χ4n) is 4.37. The van der Waals surface area contributed by atoms with Gasteiger partial charge in [0.1, 0.15) is 0 Å². The van der Waals surface area contributed by atoms with E-state index in [0.717, 1.165) is 16.5 Å². The summed E-state index contributed by atoms with van der Waals surface area (Å²) in [5.74, 6) is -0.767. The molecule has 5 rings (SSSR count). The van der Waals surface area contributed by atoms with Crippen molar-refractivity contribution >= 4 is 26.7 Å². The number of esters is 1. The summed E-state index contributed by atoms with van der Waals surface area (Å²) in [6.07, 6.45) is 1.80. The number of nitrogens with zero attached hydrogens (tertiary/aromatic N) is 1. The molecular weight excluding hydrogens is 392 g/mol. The number of fused-ring (bicyclic) bond motifs is 2. The Kier molecular flexibility index (Phi) is 4.23. The van der Waals surface area contributed by atoms with Crippen molar-refractivity contribution in [3.05, 3.63) is 66.4 Å². The Bertz CT molecular complexity index is 1170. The number of carbonyl (C=O) groups is 1. The van der Waals surface area contributed by atoms with Crippen LogP contribution in [0.3, 0.4) is 0 Å². The molecular formula is C21H20N2O5S. The lowest BCUT2D eigenvalue weighted by Crippen LogP contribution is -2.49. The van der Waals surface area contributed by atoms with Crippen molar-refractivity contribution in [3.8, 4) is 0 Å². The SMILES string of the molecule is O=C1OC[C@@H]2CON(CCS(=O)(=O)c3ccccc3)[C@]12c1c[nH]c2ccccc12. The van der Waals surface area contributed by atoms with E-state index in [1.165, 1.54) is 5.06 Å². The summed E-state index contributed by atoms with van der Waals surface area (Å²) in [6.45, 7) is 0.610. The van der Waals surface area contributed by atoms with E-state index in [1.807, 2.05) is 24.3 Å². The standard InChI is InChI=1S/C21H20N2O5S/c24-20-21(18-12-22-19-9-5-4-8-17(18)19)15(13-27-20)14-28-23(21)10-11-29(25,26)16-6-2-1-3-7-16/h1-9,12,15,22H,10-11,13-14H2/t15-,21-/m1/s1. The number of rotatable bonds is 5. The maximum Gasteiger partial charge on any atom is 0.334 e. The van der Waals surface area contributed by atoms with Crippen LogP contribution in [0.2, 0.25) is 0 Å². The molecule has 3 aromatic rings. The zero-order chi connectivity index (χ0) is 20.1. The fourth-order valence-corrected chi connectivity index (χ4v) is 5.58. The molecule has 2 saturated heterocycles. The number of nitrogens with one attached hydrogen (secondary N) is 1. The number of sulfone groups is 1. The minimum absolute atomic E-state index is 0.0579. The highest BCUT2D eigenvalue weighted by Crippen LogP contribution is 2.48. The molecule has 29 heavy (non-hydrogen) atoms. The average Bonchev–Trinajstić information content (AvgIpc) is 3.41. The lowest BCUT2D eigenvalue weighted by Gasteiger charge is -2.32. The number of aromatic nitrogens is 1. The summed E-state index contributed by atoms with van der Waals surface area (Å²) >= 11 is 0. The van der Waals surface area contributed by atoms with Crippen molar-refractivity contribution in [1.82, 2.24) is 10.0 Å². The average molecular weight is 412 g/mol. The van der Waals surface area contributed by atoms with Gasteiger partial charge in [0, 0.05) is 29.2 Å². The van der Waals surface area contributed by atoms with Crippen LogP contribution >= 0.6 is 0 Å². The molecule has 8 heteroatoms. The molecule has 0 aliphatic carbocycles. The zero-order valence-corrected chi connectivity index (χ0v) is 16.4. The van der Waals surface area contributed by atoms with Crippen LogP contribution in [0.25, 0.3) is 10.9 Å². The van der Waals surface area contributed by atoms with Gasteiger partial charge in [0.15, 0.2) is 15.4 Å². The Balaban J connectivity index is 1.52. The summed E-state index contributed by atoms with van der Waals surface area (Å²) in [7, 11) is -3.51. The van der Waals surface area contributed by atoms with Gasteiger partial charge in [-0.15, -0.1) is 0 Å². The first-order valence-electron chi connectivity index (χ1n) is 9.45. The maximum absolute atomic E-state index is 13.0. The molecule has 1 aromatic heterocycles. The third-order valence-corrected chi connectivity index (χ3v) is 7.52. The Morgan fingerprint density at radius 1 is 1.07 bits per heavy atom. The molecule has 2 aliphatic rings. The van der Waals surface area contributed by atoms with E-state index in [-0.39, 0.29) is 29.7 Å². The molecule has 0 spiro atoms. The van der Waals surface area contributed by atoms with Crippen molar-refractivity contribution < 1.29 is 22.8 Å². The van der Waals surface area contributed by atoms with E-state index in [1.54, 1.807) is 36.5 Å². The number of carbonyl (C=O) groups excluding carboxylic acids is 1. The highest BCUT2D eigenvalue weighted by Gasteiger charge is 2.63. The number of ether oxygens (including phenoxy) is 1. The number of H-pyrrole nitrogens is 1. The molecule has 0 amide bonds. The van der Waals surface area contributed by atoms with Gasteiger partial charge in [-0.05, 0) is 18.2 Å². The second kappa shape index (κ2) is 6.69. The molecule has 2 fully saturated rings. The first kappa shape index (κ1) is 18.4. The minimum atomic E-state index is -3.51. The summed E-state index contributed by atoms with van der Waals surface area (Å²) in [6, 6.07) is 16.0. The first-order chi connectivity index (χ1) is 14.0. The summed E-state index contributed by atoms with van der Waals surface area (Å²) in [5.41, 5.74) is 0.514. The Hall–Kier alpha value is -2.68. The molecule has 0 unspecified atom stereocenters. The number of para-hydroxylation sites is 1. The van der Waals surface area contributed by atoms with Gasteiger partial charge in [-0.2, -0.15) is 5.06 Å². The van der Waals surface area contributed by atoms with Gasteiger partial charge in [0.25, 0.3) is 0 Å². The van der Waals surface area contributed by atoms with E-state index in [0.29, 0.717) is 6.61 Å². The van der Waals surface area contributed by atoms with E-state index < -0.39 is 21.3 Å². The monoisotopic (exact) mass is 412 g/mol. The van der Waals surface area contributed by atoms with Crippen LogP contribution in [0.5, 0.6) is 0 Å². The van der Waals surface area contributed by atoms with E-state index in [2.05, 4.69) is 4.98 Å². The minimum Gasteiger partial charge on any atom is -0.463 e. The lowest BCUT2D eigenvalue weighted by molar-refractivity contribution is -0.186.